The Labute approximate surface area is 223 Å². The number of rotatable bonds is 6. The molecule has 3 aromatic heterocycles. The zero-order valence-electron chi connectivity index (χ0n) is 21.2. The Hall–Kier alpha value is -5.49. The van der Waals surface area contributed by atoms with Crippen LogP contribution in [0.4, 0.5) is 0 Å². The van der Waals surface area contributed by atoms with Crippen LogP contribution in [0, 0.1) is 18.3 Å². The first-order valence-corrected chi connectivity index (χ1v) is 12.5. The number of aromatic nitrogens is 4. The van der Waals surface area contributed by atoms with E-state index in [0.29, 0.717) is 24.3 Å². The average Bonchev–Trinajstić information content (AvgIpc) is 3.56. The monoisotopic (exact) mass is 514 g/mol. The van der Waals surface area contributed by atoms with Crippen molar-refractivity contribution in [2.24, 2.45) is 16.5 Å². The number of nitrogens with two attached hydrogens (primary N) is 2. The maximum absolute atomic E-state index is 13.5. The van der Waals surface area contributed by atoms with Crippen molar-refractivity contribution in [1.82, 2.24) is 19.5 Å². The molecule has 6 aromatic rings. The van der Waals surface area contributed by atoms with E-state index in [1.807, 2.05) is 73.7 Å². The summed E-state index contributed by atoms with van der Waals surface area (Å²) in [5, 5.41) is 12.2. The lowest BCUT2D eigenvalue weighted by atomic mass is 10.00. The van der Waals surface area contributed by atoms with Crippen LogP contribution in [0.1, 0.15) is 28.2 Å². The van der Waals surface area contributed by atoms with E-state index < -0.39 is 0 Å². The summed E-state index contributed by atoms with van der Waals surface area (Å²) in [6, 6.07) is 26.0. The lowest BCUT2D eigenvalue weighted by Gasteiger charge is -2.08. The lowest BCUT2D eigenvalue weighted by Crippen LogP contribution is -2.22. The number of hydrogen-bond donors (Lipinski definition) is 5. The Morgan fingerprint density at radius 1 is 0.923 bits per heavy atom. The summed E-state index contributed by atoms with van der Waals surface area (Å²) < 4.78 is 1.48. The van der Waals surface area contributed by atoms with Crippen LogP contribution in [0.3, 0.4) is 0 Å². The number of aryl methyl sites for hydroxylation is 1. The molecule has 0 unspecified atom stereocenters. The quantitative estimate of drug-likeness (QED) is 0.165. The van der Waals surface area contributed by atoms with Crippen LogP contribution >= 0.6 is 0 Å². The third-order valence-corrected chi connectivity index (χ3v) is 6.93. The van der Waals surface area contributed by atoms with Gasteiger partial charge in [0, 0.05) is 45.2 Å². The molecule has 0 atom stereocenters. The number of imidazole rings is 1. The predicted octanol–water partition coefficient (Wildman–Crippen LogP) is 4.34. The van der Waals surface area contributed by atoms with Crippen LogP contribution in [0.5, 0.6) is 0 Å². The van der Waals surface area contributed by atoms with Gasteiger partial charge in [0.2, 0.25) is 0 Å². The van der Waals surface area contributed by atoms with Crippen molar-refractivity contribution in [3.63, 3.8) is 0 Å². The average molecular weight is 515 g/mol. The third-order valence-electron chi connectivity index (χ3n) is 6.93. The highest BCUT2D eigenvalue weighted by molar-refractivity contribution is 5.98. The van der Waals surface area contributed by atoms with Gasteiger partial charge in [-0.3, -0.25) is 0 Å². The maximum atomic E-state index is 13.5. The molecule has 9 nitrogen and oxygen atoms in total. The summed E-state index contributed by atoms with van der Waals surface area (Å²) in [5.74, 6) is 0.0428. The minimum atomic E-state index is -0.370. The highest BCUT2D eigenvalue weighted by Crippen LogP contribution is 2.36. The number of aliphatic imine (C=N–C) groups is 1. The third kappa shape index (κ3) is 4.14. The number of guanidine groups is 1. The van der Waals surface area contributed by atoms with Crippen LogP contribution < -0.4 is 17.2 Å². The smallest absolute Gasteiger partial charge is 0.331 e. The molecule has 3 heterocycles. The Morgan fingerprint density at radius 3 is 2.36 bits per heavy atom. The molecule has 6 rings (SSSR count). The Bertz CT molecular complexity index is 1990. The van der Waals surface area contributed by atoms with E-state index in [0.717, 1.165) is 49.9 Å². The number of para-hydroxylation sites is 2. The molecular weight excluding hydrogens is 488 g/mol. The lowest BCUT2D eigenvalue weighted by molar-refractivity contribution is 0.965. The summed E-state index contributed by atoms with van der Waals surface area (Å²) in [5.41, 5.74) is 18.4. The molecular formula is C30H26N8O. The normalized spacial score (nSPS) is 11.2. The van der Waals surface area contributed by atoms with Gasteiger partial charge < -0.3 is 26.4 Å². The van der Waals surface area contributed by atoms with Crippen LogP contribution in [0.25, 0.3) is 38.8 Å². The van der Waals surface area contributed by atoms with Crippen molar-refractivity contribution in [3.05, 3.63) is 111 Å². The fraction of sp³-hybridized carbons (Fsp3) is 0.100. The Morgan fingerprint density at radius 2 is 1.62 bits per heavy atom. The summed E-state index contributed by atoms with van der Waals surface area (Å²) in [6.07, 6.45) is 0.546. The molecule has 0 aliphatic heterocycles. The number of nitrogens with one attached hydrogen (secondary N) is 3. The molecule has 192 valence electrons. The summed E-state index contributed by atoms with van der Waals surface area (Å²) in [4.78, 5) is 27.5. The van der Waals surface area contributed by atoms with Crippen molar-refractivity contribution in [1.29, 1.82) is 5.26 Å². The van der Waals surface area contributed by atoms with Crippen LogP contribution in [0.2, 0.25) is 0 Å². The van der Waals surface area contributed by atoms with Gasteiger partial charge in [-0.2, -0.15) is 5.26 Å². The summed E-state index contributed by atoms with van der Waals surface area (Å²) in [7, 11) is 0. The molecule has 0 aliphatic rings. The van der Waals surface area contributed by atoms with Gasteiger partial charge in [0.15, 0.2) is 11.7 Å². The highest BCUT2D eigenvalue weighted by Gasteiger charge is 2.25. The van der Waals surface area contributed by atoms with Crippen LogP contribution in [0.15, 0.2) is 82.6 Å². The van der Waals surface area contributed by atoms with Crippen molar-refractivity contribution in [3.8, 4) is 23.0 Å². The van der Waals surface area contributed by atoms with Crippen LogP contribution in [-0.2, 0) is 13.0 Å². The van der Waals surface area contributed by atoms with E-state index in [1.54, 1.807) is 0 Å². The zero-order valence-corrected chi connectivity index (χ0v) is 21.2. The first-order valence-electron chi connectivity index (χ1n) is 12.5. The fourth-order valence-electron chi connectivity index (χ4n) is 5.33. The van der Waals surface area contributed by atoms with Crippen molar-refractivity contribution in [2.75, 3.05) is 0 Å². The molecule has 0 saturated heterocycles. The van der Waals surface area contributed by atoms with Gasteiger partial charge >= 0.3 is 5.69 Å². The Balaban J connectivity index is 1.53. The summed E-state index contributed by atoms with van der Waals surface area (Å²) >= 11 is 0. The second kappa shape index (κ2) is 9.43. The number of fused-ring (bicyclic) bond motifs is 2. The van der Waals surface area contributed by atoms with Crippen molar-refractivity contribution >= 4 is 27.8 Å². The largest absolute Gasteiger partial charge is 0.370 e. The molecule has 0 fully saturated rings. The minimum absolute atomic E-state index is 0.0428. The molecule has 0 saturated carbocycles. The van der Waals surface area contributed by atoms with Gasteiger partial charge in [-0.25, -0.2) is 14.4 Å². The van der Waals surface area contributed by atoms with E-state index >= 15 is 0 Å². The van der Waals surface area contributed by atoms with Gasteiger partial charge in [0.05, 0.1) is 17.9 Å². The number of benzene rings is 3. The number of hydrogen-bond acceptors (Lipinski definition) is 3. The molecule has 39 heavy (non-hydrogen) atoms. The van der Waals surface area contributed by atoms with Gasteiger partial charge in [-0.1, -0.05) is 60.7 Å². The molecule has 0 radical (unpaired) electrons. The first kappa shape index (κ1) is 23.9. The number of aromatic amines is 3. The van der Waals surface area contributed by atoms with E-state index in [9.17, 15) is 10.1 Å². The van der Waals surface area contributed by atoms with Gasteiger partial charge in [0.25, 0.3) is 0 Å². The van der Waals surface area contributed by atoms with Crippen molar-refractivity contribution in [2.45, 2.75) is 19.9 Å². The highest BCUT2D eigenvalue weighted by atomic mass is 16.1. The van der Waals surface area contributed by atoms with Crippen molar-refractivity contribution < 1.29 is 0 Å². The fourth-order valence-corrected chi connectivity index (χ4v) is 5.33. The molecule has 0 spiro atoms. The second-order valence-electron chi connectivity index (χ2n) is 9.51. The zero-order chi connectivity index (χ0) is 27.1. The first-order chi connectivity index (χ1) is 18.9. The number of H-pyrrole nitrogens is 3. The number of nitrogens with zero attached hydrogens (tertiary/aromatic N) is 3. The van der Waals surface area contributed by atoms with Gasteiger partial charge in [-0.05, 0) is 30.2 Å². The van der Waals surface area contributed by atoms with E-state index in [2.05, 4.69) is 32.1 Å². The number of nitriles is 1. The maximum Gasteiger partial charge on any atom is 0.331 e. The molecule has 0 amide bonds. The van der Waals surface area contributed by atoms with Gasteiger partial charge in [0.1, 0.15) is 6.07 Å². The topological polar surface area (TPSA) is 158 Å². The standard InChI is InChI=1S/C30H26N8O/c1-17-28(21-10-3-5-12-23(21)35-17)38-25(15-31)27(37-30(38)39)26-20-9-2-4-11-22(20)36-24(26)14-18-7-6-8-19(13-18)16-34-29(32)33/h2-13,35-36H,14,16H2,1H3,(H,37,39)(H4,32,33,34). The molecule has 9 heteroatoms. The predicted molar refractivity (Wildman–Crippen MR) is 154 cm³/mol. The molecule has 7 N–H and O–H groups in total. The molecule has 0 bridgehead atoms. The van der Waals surface area contributed by atoms with Crippen LogP contribution in [-0.4, -0.2) is 25.5 Å². The summed E-state index contributed by atoms with van der Waals surface area (Å²) in [6.45, 7) is 2.29. The minimum Gasteiger partial charge on any atom is -0.370 e. The van der Waals surface area contributed by atoms with E-state index in [4.69, 9.17) is 11.5 Å². The second-order valence-corrected chi connectivity index (χ2v) is 9.51. The molecule has 0 aliphatic carbocycles. The molecule has 3 aromatic carbocycles. The Kier molecular flexibility index (Phi) is 5.77. The van der Waals surface area contributed by atoms with E-state index in [1.165, 1.54) is 4.57 Å². The van der Waals surface area contributed by atoms with Gasteiger partial charge in [-0.15, -0.1) is 0 Å². The van der Waals surface area contributed by atoms with E-state index in [-0.39, 0.29) is 17.3 Å². The SMILES string of the molecule is Cc1[nH]c2ccccc2c1-n1c(C#N)c(-c2c(Cc3cccc(CN=C(N)N)c3)[nH]c3ccccc23)[nH]c1=O.